The summed E-state index contributed by atoms with van der Waals surface area (Å²) < 4.78 is 2.01. The van der Waals surface area contributed by atoms with Gasteiger partial charge in [-0.1, -0.05) is 30.9 Å². The Kier molecular flexibility index (Phi) is 3.46. The summed E-state index contributed by atoms with van der Waals surface area (Å²) in [6.45, 7) is 7.64. The van der Waals surface area contributed by atoms with Gasteiger partial charge in [-0.3, -0.25) is 0 Å². The first kappa shape index (κ1) is 10.5. The highest BCUT2D eigenvalue weighted by Crippen LogP contribution is 2.14. The van der Waals surface area contributed by atoms with Crippen molar-refractivity contribution in [3.05, 3.63) is 48.6 Å². The summed E-state index contributed by atoms with van der Waals surface area (Å²) in [7, 11) is 2.00. The van der Waals surface area contributed by atoms with Crippen molar-refractivity contribution in [3.63, 3.8) is 0 Å². The second kappa shape index (κ2) is 4.61. The molecule has 0 saturated heterocycles. The van der Waals surface area contributed by atoms with Crippen LogP contribution in [-0.2, 0) is 7.05 Å². The molecule has 0 radical (unpaired) electrons. The third-order valence-electron chi connectivity index (χ3n) is 2.13. The smallest absolute Gasteiger partial charge is 0.105 e. The molecule has 1 rings (SSSR count). The van der Waals surface area contributed by atoms with Gasteiger partial charge in [-0.15, -0.1) is 0 Å². The normalized spacial score (nSPS) is 12.4. The van der Waals surface area contributed by atoms with E-state index in [1.54, 1.807) is 6.08 Å². The zero-order valence-corrected chi connectivity index (χ0v) is 8.99. The van der Waals surface area contributed by atoms with Gasteiger partial charge in [0, 0.05) is 13.2 Å². The molecule has 0 aliphatic rings. The van der Waals surface area contributed by atoms with Crippen molar-refractivity contribution in [1.29, 1.82) is 0 Å². The Labute approximate surface area is 85.3 Å². The van der Waals surface area contributed by atoms with E-state index in [1.807, 2.05) is 49.9 Å². The average molecular weight is 188 g/mol. The Morgan fingerprint density at radius 2 is 2.29 bits per heavy atom. The number of hydrogen-bond donors (Lipinski definition) is 0. The van der Waals surface area contributed by atoms with E-state index in [0.717, 1.165) is 17.1 Å². The Morgan fingerprint density at radius 3 is 2.71 bits per heavy atom. The third-order valence-corrected chi connectivity index (χ3v) is 2.13. The van der Waals surface area contributed by atoms with Gasteiger partial charge in [-0.05, 0) is 19.4 Å². The predicted molar refractivity (Wildman–Crippen MR) is 60.9 cm³/mol. The zero-order valence-electron chi connectivity index (χ0n) is 8.99. The van der Waals surface area contributed by atoms with E-state index in [0.29, 0.717) is 0 Å². The number of hydrogen-bond acceptors (Lipinski definition) is 1. The summed E-state index contributed by atoms with van der Waals surface area (Å²) in [5.74, 6) is 1.02. The molecule has 0 aliphatic carbocycles. The SMILES string of the molecule is C=C/C=C\C(=C/C)c1cn(C)c(C)n1. The number of imidazole rings is 1. The highest BCUT2D eigenvalue weighted by atomic mass is 15.0. The molecule has 2 nitrogen and oxygen atoms in total. The molecular formula is C12H16N2. The van der Waals surface area contributed by atoms with Crippen LogP contribution in [0, 0.1) is 6.92 Å². The Morgan fingerprint density at radius 1 is 1.57 bits per heavy atom. The molecule has 1 heterocycles. The molecule has 1 aromatic heterocycles. The number of rotatable bonds is 3. The number of allylic oxidation sites excluding steroid dienone is 5. The monoisotopic (exact) mass is 188 g/mol. The van der Waals surface area contributed by atoms with Crippen LogP contribution in [0.3, 0.4) is 0 Å². The van der Waals surface area contributed by atoms with Gasteiger partial charge < -0.3 is 4.57 Å². The molecule has 0 spiro atoms. The van der Waals surface area contributed by atoms with Crippen molar-refractivity contribution in [2.24, 2.45) is 7.05 Å². The van der Waals surface area contributed by atoms with Crippen LogP contribution in [0.25, 0.3) is 5.57 Å². The first-order chi connectivity index (χ1) is 6.69. The van der Waals surface area contributed by atoms with Crippen molar-refractivity contribution in [2.45, 2.75) is 13.8 Å². The van der Waals surface area contributed by atoms with Crippen molar-refractivity contribution in [1.82, 2.24) is 9.55 Å². The van der Waals surface area contributed by atoms with E-state index in [1.165, 1.54) is 0 Å². The average Bonchev–Trinajstić information content (AvgIpc) is 2.48. The maximum Gasteiger partial charge on any atom is 0.105 e. The maximum absolute atomic E-state index is 4.44. The lowest BCUT2D eigenvalue weighted by Gasteiger charge is -1.93. The van der Waals surface area contributed by atoms with Crippen LogP contribution in [0.2, 0.25) is 0 Å². The fourth-order valence-corrected chi connectivity index (χ4v) is 1.20. The van der Waals surface area contributed by atoms with E-state index >= 15 is 0 Å². The molecule has 0 N–H and O–H groups in total. The summed E-state index contributed by atoms with van der Waals surface area (Å²) >= 11 is 0. The lowest BCUT2D eigenvalue weighted by Crippen LogP contribution is -1.86. The minimum Gasteiger partial charge on any atom is -0.338 e. The molecule has 0 unspecified atom stereocenters. The number of aromatic nitrogens is 2. The Balaban J connectivity index is 3.02. The van der Waals surface area contributed by atoms with Gasteiger partial charge >= 0.3 is 0 Å². The molecule has 0 fully saturated rings. The quantitative estimate of drug-likeness (QED) is 0.667. The molecule has 0 aliphatic heterocycles. The first-order valence-electron chi connectivity index (χ1n) is 4.64. The van der Waals surface area contributed by atoms with Gasteiger partial charge in [0.15, 0.2) is 0 Å². The highest BCUT2D eigenvalue weighted by molar-refractivity contribution is 5.71. The van der Waals surface area contributed by atoms with E-state index < -0.39 is 0 Å². The zero-order chi connectivity index (χ0) is 10.6. The highest BCUT2D eigenvalue weighted by Gasteiger charge is 2.02. The van der Waals surface area contributed by atoms with Gasteiger partial charge in [-0.25, -0.2) is 4.98 Å². The molecule has 0 atom stereocenters. The lowest BCUT2D eigenvalue weighted by molar-refractivity contribution is 0.858. The fourth-order valence-electron chi connectivity index (χ4n) is 1.20. The van der Waals surface area contributed by atoms with E-state index in [2.05, 4.69) is 11.6 Å². The van der Waals surface area contributed by atoms with E-state index in [9.17, 15) is 0 Å². The minimum absolute atomic E-state index is 1.01. The van der Waals surface area contributed by atoms with Gasteiger partial charge in [0.2, 0.25) is 0 Å². The molecule has 0 amide bonds. The van der Waals surface area contributed by atoms with Crippen LogP contribution in [-0.4, -0.2) is 9.55 Å². The van der Waals surface area contributed by atoms with Gasteiger partial charge in [0.1, 0.15) is 5.82 Å². The summed E-state index contributed by atoms with van der Waals surface area (Å²) in [5.41, 5.74) is 2.12. The maximum atomic E-state index is 4.44. The summed E-state index contributed by atoms with van der Waals surface area (Å²) in [6.07, 6.45) is 9.76. The van der Waals surface area contributed by atoms with Crippen LogP contribution >= 0.6 is 0 Å². The summed E-state index contributed by atoms with van der Waals surface area (Å²) in [5, 5.41) is 0. The molecule has 74 valence electrons. The lowest BCUT2D eigenvalue weighted by atomic mass is 10.2. The van der Waals surface area contributed by atoms with Crippen molar-refractivity contribution in [2.75, 3.05) is 0 Å². The molecule has 0 saturated carbocycles. The van der Waals surface area contributed by atoms with Crippen LogP contribution in [0.1, 0.15) is 18.4 Å². The largest absolute Gasteiger partial charge is 0.338 e. The van der Waals surface area contributed by atoms with Crippen LogP contribution < -0.4 is 0 Å². The minimum atomic E-state index is 1.01. The molecule has 1 aromatic rings. The van der Waals surface area contributed by atoms with E-state index in [-0.39, 0.29) is 0 Å². The van der Waals surface area contributed by atoms with Crippen LogP contribution in [0.15, 0.2) is 37.1 Å². The molecule has 14 heavy (non-hydrogen) atoms. The first-order valence-corrected chi connectivity index (χ1v) is 4.64. The van der Waals surface area contributed by atoms with Gasteiger partial charge in [0.05, 0.1) is 5.69 Å². The van der Waals surface area contributed by atoms with Crippen LogP contribution in [0.5, 0.6) is 0 Å². The summed E-state index contributed by atoms with van der Waals surface area (Å²) in [6, 6.07) is 0. The number of nitrogens with zero attached hydrogens (tertiary/aromatic N) is 2. The molecule has 0 aromatic carbocycles. The predicted octanol–water partition coefficient (Wildman–Crippen LogP) is 2.87. The summed E-state index contributed by atoms with van der Waals surface area (Å²) in [4.78, 5) is 4.44. The second-order valence-corrected chi connectivity index (χ2v) is 3.12. The van der Waals surface area contributed by atoms with Gasteiger partial charge in [-0.2, -0.15) is 0 Å². The standard InChI is InChI=1S/C12H16N2/c1-5-7-8-11(6-2)12-9-14(4)10(3)13-12/h5-9H,1H2,2-4H3/b8-7-,11-6+. The van der Waals surface area contributed by atoms with E-state index in [4.69, 9.17) is 0 Å². The Hall–Kier alpha value is -1.57. The Bertz CT molecular complexity index is 362. The molecule has 0 bridgehead atoms. The third kappa shape index (κ3) is 2.22. The van der Waals surface area contributed by atoms with Crippen molar-refractivity contribution < 1.29 is 0 Å². The van der Waals surface area contributed by atoms with Crippen LogP contribution in [0.4, 0.5) is 0 Å². The van der Waals surface area contributed by atoms with Gasteiger partial charge in [0.25, 0.3) is 0 Å². The fraction of sp³-hybridized carbons (Fsp3) is 0.250. The molecular weight excluding hydrogens is 172 g/mol. The number of aryl methyl sites for hydroxylation is 2. The van der Waals surface area contributed by atoms with Crippen molar-refractivity contribution >= 4 is 5.57 Å². The van der Waals surface area contributed by atoms with Crippen molar-refractivity contribution in [3.8, 4) is 0 Å². The molecule has 2 heteroatoms. The topological polar surface area (TPSA) is 17.8 Å². The second-order valence-electron chi connectivity index (χ2n) is 3.12.